The third-order valence-electron chi connectivity index (χ3n) is 3.36. The molecule has 6 nitrogen and oxygen atoms in total. The van der Waals surface area contributed by atoms with E-state index >= 15 is 0 Å². The summed E-state index contributed by atoms with van der Waals surface area (Å²) in [5.41, 5.74) is 0.335. The second-order valence-electron chi connectivity index (χ2n) is 6.83. The molecule has 0 aliphatic rings. The highest BCUT2D eigenvalue weighted by Gasteiger charge is 2.17. The number of furan rings is 1. The number of rotatable bonds is 5. The quantitative estimate of drug-likeness (QED) is 0.493. The Labute approximate surface area is 148 Å². The standard InChI is InChI=1S/C19H27N3O3/c1-6-20-18(21-12-17(23)25-19(3,4)5)22-13(2)16-11-14-9-7-8-10-15(14)24-16/h7-11,13H,6,12H2,1-5H3,(H2,20,21,22). The van der Waals surface area contributed by atoms with Crippen LogP contribution in [0.5, 0.6) is 0 Å². The summed E-state index contributed by atoms with van der Waals surface area (Å²) in [6, 6.07) is 9.78. The number of guanidine groups is 1. The Kier molecular flexibility index (Phi) is 6.07. The van der Waals surface area contributed by atoms with Gasteiger partial charge in [-0.2, -0.15) is 0 Å². The number of para-hydroxylation sites is 1. The summed E-state index contributed by atoms with van der Waals surface area (Å²) in [5.74, 6) is 0.992. The van der Waals surface area contributed by atoms with Gasteiger partial charge in [-0.3, -0.25) is 4.79 Å². The van der Waals surface area contributed by atoms with E-state index in [-0.39, 0.29) is 18.6 Å². The van der Waals surface area contributed by atoms with E-state index in [0.29, 0.717) is 12.5 Å². The van der Waals surface area contributed by atoms with Crippen molar-refractivity contribution in [2.75, 3.05) is 13.1 Å². The molecule has 6 heteroatoms. The zero-order valence-corrected chi connectivity index (χ0v) is 15.6. The van der Waals surface area contributed by atoms with Gasteiger partial charge in [0.15, 0.2) is 5.96 Å². The minimum Gasteiger partial charge on any atom is -0.459 e. The number of esters is 1. The van der Waals surface area contributed by atoms with Crippen LogP contribution in [0.2, 0.25) is 0 Å². The van der Waals surface area contributed by atoms with Crippen LogP contribution < -0.4 is 10.6 Å². The fourth-order valence-electron chi connectivity index (χ4n) is 2.33. The lowest BCUT2D eigenvalue weighted by Crippen LogP contribution is -2.39. The molecule has 25 heavy (non-hydrogen) atoms. The van der Waals surface area contributed by atoms with Crippen molar-refractivity contribution in [1.29, 1.82) is 0 Å². The van der Waals surface area contributed by atoms with Crippen molar-refractivity contribution in [2.45, 2.75) is 46.3 Å². The third kappa shape index (κ3) is 5.81. The summed E-state index contributed by atoms with van der Waals surface area (Å²) < 4.78 is 11.1. The Bertz CT molecular complexity index is 711. The van der Waals surface area contributed by atoms with Gasteiger partial charge in [-0.1, -0.05) is 18.2 Å². The number of nitrogens with zero attached hydrogens (tertiary/aromatic N) is 1. The van der Waals surface area contributed by atoms with Gasteiger partial charge < -0.3 is 19.8 Å². The second kappa shape index (κ2) is 8.05. The lowest BCUT2D eigenvalue weighted by atomic mass is 10.2. The smallest absolute Gasteiger partial charge is 0.328 e. The van der Waals surface area contributed by atoms with Gasteiger partial charge in [0.2, 0.25) is 0 Å². The van der Waals surface area contributed by atoms with Crippen LogP contribution in [0, 0.1) is 0 Å². The van der Waals surface area contributed by atoms with Gasteiger partial charge in [0.05, 0.1) is 6.04 Å². The van der Waals surface area contributed by atoms with Crippen molar-refractivity contribution in [1.82, 2.24) is 10.6 Å². The largest absolute Gasteiger partial charge is 0.459 e. The van der Waals surface area contributed by atoms with E-state index < -0.39 is 5.60 Å². The normalized spacial score (nSPS) is 13.6. The number of fused-ring (bicyclic) bond motifs is 1. The van der Waals surface area contributed by atoms with Gasteiger partial charge in [-0.25, -0.2) is 4.99 Å². The number of carbonyl (C=O) groups is 1. The van der Waals surface area contributed by atoms with Gasteiger partial charge in [0, 0.05) is 11.9 Å². The van der Waals surface area contributed by atoms with Crippen molar-refractivity contribution >= 4 is 22.9 Å². The average Bonchev–Trinajstić information content (AvgIpc) is 2.95. The number of ether oxygens (including phenoxy) is 1. The molecule has 2 N–H and O–H groups in total. The first-order chi connectivity index (χ1) is 11.8. The highest BCUT2D eigenvalue weighted by atomic mass is 16.6. The molecule has 0 aliphatic heterocycles. The molecule has 136 valence electrons. The molecule has 1 heterocycles. The summed E-state index contributed by atoms with van der Waals surface area (Å²) in [6.07, 6.45) is 0. The summed E-state index contributed by atoms with van der Waals surface area (Å²) in [4.78, 5) is 16.1. The summed E-state index contributed by atoms with van der Waals surface area (Å²) >= 11 is 0. The minimum atomic E-state index is -0.514. The predicted molar refractivity (Wildman–Crippen MR) is 99.6 cm³/mol. The average molecular weight is 345 g/mol. The summed E-state index contributed by atoms with van der Waals surface area (Å²) in [5, 5.41) is 7.43. The maximum Gasteiger partial charge on any atom is 0.328 e. The lowest BCUT2D eigenvalue weighted by Gasteiger charge is -2.19. The second-order valence-corrected chi connectivity index (χ2v) is 6.83. The zero-order chi connectivity index (χ0) is 18.4. The number of nitrogens with one attached hydrogen (secondary N) is 2. The Hall–Kier alpha value is -2.50. The van der Waals surface area contributed by atoms with Crippen molar-refractivity contribution in [3.05, 3.63) is 36.1 Å². The monoisotopic (exact) mass is 345 g/mol. The Balaban J connectivity index is 2.04. The van der Waals surface area contributed by atoms with Crippen LogP contribution in [-0.2, 0) is 9.53 Å². The first-order valence-corrected chi connectivity index (χ1v) is 8.53. The van der Waals surface area contributed by atoms with Crippen LogP contribution >= 0.6 is 0 Å². The maximum atomic E-state index is 11.8. The highest BCUT2D eigenvalue weighted by molar-refractivity contribution is 5.83. The first kappa shape index (κ1) is 18.8. The van der Waals surface area contributed by atoms with Crippen LogP contribution in [0.1, 0.15) is 46.4 Å². The van der Waals surface area contributed by atoms with Crippen LogP contribution in [0.15, 0.2) is 39.7 Å². The van der Waals surface area contributed by atoms with E-state index in [1.165, 1.54) is 0 Å². The Morgan fingerprint density at radius 3 is 2.68 bits per heavy atom. The molecule has 0 bridgehead atoms. The molecule has 2 aromatic rings. The molecule has 0 aliphatic carbocycles. The predicted octanol–water partition coefficient (Wildman–Crippen LogP) is 3.39. The number of hydrogen-bond acceptors (Lipinski definition) is 4. The molecule has 0 saturated heterocycles. The maximum absolute atomic E-state index is 11.8. The number of aliphatic imine (C=N–C) groups is 1. The Morgan fingerprint density at radius 1 is 1.32 bits per heavy atom. The van der Waals surface area contributed by atoms with Crippen LogP contribution in [0.3, 0.4) is 0 Å². The number of carbonyl (C=O) groups excluding carboxylic acids is 1. The topological polar surface area (TPSA) is 75.9 Å². The highest BCUT2D eigenvalue weighted by Crippen LogP contribution is 2.23. The number of hydrogen-bond donors (Lipinski definition) is 2. The lowest BCUT2D eigenvalue weighted by molar-refractivity contribution is -0.152. The molecule has 0 radical (unpaired) electrons. The van der Waals surface area contributed by atoms with Crippen molar-refractivity contribution in [3.63, 3.8) is 0 Å². The van der Waals surface area contributed by atoms with Gasteiger partial charge in [0.25, 0.3) is 0 Å². The fraction of sp³-hybridized carbons (Fsp3) is 0.474. The van der Waals surface area contributed by atoms with E-state index in [1.54, 1.807) is 0 Å². The van der Waals surface area contributed by atoms with Gasteiger partial charge in [0.1, 0.15) is 23.5 Å². The van der Waals surface area contributed by atoms with Crippen molar-refractivity contribution < 1.29 is 13.9 Å². The Morgan fingerprint density at radius 2 is 2.04 bits per heavy atom. The SMILES string of the molecule is CCNC(=NCC(=O)OC(C)(C)C)NC(C)c1cc2ccccc2o1. The zero-order valence-electron chi connectivity index (χ0n) is 15.6. The van der Waals surface area contributed by atoms with Crippen LogP contribution in [-0.4, -0.2) is 30.6 Å². The van der Waals surface area contributed by atoms with E-state index in [9.17, 15) is 4.79 Å². The van der Waals surface area contributed by atoms with Crippen molar-refractivity contribution in [3.8, 4) is 0 Å². The molecule has 1 aromatic heterocycles. The van der Waals surface area contributed by atoms with Crippen LogP contribution in [0.4, 0.5) is 0 Å². The molecule has 0 spiro atoms. The summed E-state index contributed by atoms with van der Waals surface area (Å²) in [6.45, 7) is 10.1. The van der Waals surface area contributed by atoms with E-state index in [0.717, 1.165) is 16.7 Å². The molecular formula is C19H27N3O3. The van der Waals surface area contributed by atoms with E-state index in [1.807, 2.05) is 65.0 Å². The molecule has 0 fully saturated rings. The van der Waals surface area contributed by atoms with Crippen molar-refractivity contribution in [2.24, 2.45) is 4.99 Å². The van der Waals surface area contributed by atoms with Gasteiger partial charge >= 0.3 is 5.97 Å². The molecule has 2 rings (SSSR count). The fourth-order valence-corrected chi connectivity index (χ4v) is 2.33. The van der Waals surface area contributed by atoms with Gasteiger partial charge in [-0.05, 0) is 46.8 Å². The minimum absolute atomic E-state index is 0.0422. The first-order valence-electron chi connectivity index (χ1n) is 8.53. The van der Waals surface area contributed by atoms with Crippen LogP contribution in [0.25, 0.3) is 11.0 Å². The van der Waals surface area contributed by atoms with E-state index in [2.05, 4.69) is 15.6 Å². The molecular weight excluding hydrogens is 318 g/mol. The molecule has 0 amide bonds. The molecule has 0 saturated carbocycles. The molecule has 1 aromatic carbocycles. The third-order valence-corrected chi connectivity index (χ3v) is 3.36. The number of benzene rings is 1. The van der Waals surface area contributed by atoms with Gasteiger partial charge in [-0.15, -0.1) is 0 Å². The molecule has 1 unspecified atom stereocenters. The molecule has 1 atom stereocenters. The summed E-state index contributed by atoms with van der Waals surface area (Å²) in [7, 11) is 0. The van der Waals surface area contributed by atoms with E-state index in [4.69, 9.17) is 9.15 Å².